The van der Waals surface area contributed by atoms with Gasteiger partial charge in [0.05, 0.1) is 12.2 Å². The van der Waals surface area contributed by atoms with Crippen molar-refractivity contribution in [2.75, 3.05) is 4.90 Å². The first-order valence-electron chi connectivity index (χ1n) is 7.39. The number of fused-ring (bicyclic) bond motifs is 3. The van der Waals surface area contributed by atoms with Crippen molar-refractivity contribution in [3.05, 3.63) is 90.0 Å². The summed E-state index contributed by atoms with van der Waals surface area (Å²) >= 11 is 0. The largest absolute Gasteiger partial charge is 0.303 e. The predicted octanol–water partition coefficient (Wildman–Crippen LogP) is 4.51. The molecule has 0 saturated carbocycles. The van der Waals surface area contributed by atoms with Crippen molar-refractivity contribution >= 4 is 11.6 Å². The van der Waals surface area contributed by atoms with Crippen molar-refractivity contribution in [3.8, 4) is 11.1 Å². The number of rotatable bonds is 1. The van der Waals surface area contributed by atoms with Gasteiger partial charge in [0.25, 0.3) is 5.91 Å². The van der Waals surface area contributed by atoms with E-state index in [2.05, 4.69) is 18.2 Å². The van der Waals surface area contributed by atoms with Crippen molar-refractivity contribution < 1.29 is 4.79 Å². The third kappa shape index (κ3) is 2.01. The number of hydrogen-bond acceptors (Lipinski definition) is 1. The number of para-hydroxylation sites is 1. The summed E-state index contributed by atoms with van der Waals surface area (Å²) in [6.45, 7) is 0.612. The van der Waals surface area contributed by atoms with Gasteiger partial charge in [-0.2, -0.15) is 0 Å². The topological polar surface area (TPSA) is 20.3 Å². The molecule has 0 saturated heterocycles. The lowest BCUT2D eigenvalue weighted by Crippen LogP contribution is -2.33. The molecular formula is C20H15NO. The third-order valence-corrected chi connectivity index (χ3v) is 4.10. The van der Waals surface area contributed by atoms with E-state index in [-0.39, 0.29) is 5.91 Å². The van der Waals surface area contributed by atoms with E-state index >= 15 is 0 Å². The van der Waals surface area contributed by atoms with Crippen LogP contribution in [0.4, 0.5) is 5.69 Å². The smallest absolute Gasteiger partial charge is 0.258 e. The molecule has 0 unspecified atom stereocenters. The Labute approximate surface area is 129 Å². The van der Waals surface area contributed by atoms with Crippen LogP contribution >= 0.6 is 0 Å². The first kappa shape index (κ1) is 12.8. The van der Waals surface area contributed by atoms with Gasteiger partial charge in [0, 0.05) is 11.1 Å². The molecule has 0 radical (unpaired) electrons. The summed E-state index contributed by atoms with van der Waals surface area (Å²) in [6.07, 6.45) is 0. The average Bonchev–Trinajstić information content (AvgIpc) is 2.61. The molecule has 1 amide bonds. The highest BCUT2D eigenvalue weighted by Crippen LogP contribution is 2.39. The van der Waals surface area contributed by atoms with Crippen LogP contribution < -0.4 is 4.90 Å². The second-order valence-corrected chi connectivity index (χ2v) is 5.43. The van der Waals surface area contributed by atoms with Crippen LogP contribution in [0.25, 0.3) is 11.1 Å². The van der Waals surface area contributed by atoms with Gasteiger partial charge in [0.15, 0.2) is 0 Å². The van der Waals surface area contributed by atoms with Crippen LogP contribution in [-0.4, -0.2) is 5.91 Å². The molecule has 0 atom stereocenters. The van der Waals surface area contributed by atoms with Crippen LogP contribution in [0.2, 0.25) is 0 Å². The fraction of sp³-hybridized carbons (Fsp3) is 0.0500. The van der Waals surface area contributed by atoms with Crippen molar-refractivity contribution in [1.82, 2.24) is 0 Å². The molecule has 0 aromatic heterocycles. The summed E-state index contributed by atoms with van der Waals surface area (Å²) in [4.78, 5) is 14.8. The molecule has 0 fully saturated rings. The number of carbonyl (C=O) groups is 1. The van der Waals surface area contributed by atoms with Crippen LogP contribution in [0.1, 0.15) is 15.9 Å². The Balaban J connectivity index is 1.85. The van der Waals surface area contributed by atoms with Gasteiger partial charge in [0.1, 0.15) is 0 Å². The number of amides is 1. The molecule has 1 aliphatic rings. The maximum absolute atomic E-state index is 12.9. The zero-order valence-electron chi connectivity index (χ0n) is 12.1. The fourth-order valence-electron chi connectivity index (χ4n) is 3.03. The number of nitrogens with zero attached hydrogens (tertiary/aromatic N) is 1. The number of benzene rings is 3. The molecule has 0 spiro atoms. The Morgan fingerprint density at radius 3 is 2.18 bits per heavy atom. The van der Waals surface area contributed by atoms with Crippen molar-refractivity contribution in [2.24, 2.45) is 0 Å². The Morgan fingerprint density at radius 2 is 1.36 bits per heavy atom. The Kier molecular flexibility index (Phi) is 3.01. The lowest BCUT2D eigenvalue weighted by molar-refractivity contribution is 0.0985. The molecule has 106 valence electrons. The van der Waals surface area contributed by atoms with E-state index in [9.17, 15) is 4.79 Å². The zero-order chi connectivity index (χ0) is 14.9. The molecule has 2 nitrogen and oxygen atoms in total. The molecule has 3 aromatic carbocycles. The summed E-state index contributed by atoms with van der Waals surface area (Å²) in [5, 5.41) is 0. The van der Waals surface area contributed by atoms with Gasteiger partial charge in [-0.05, 0) is 29.3 Å². The predicted molar refractivity (Wildman–Crippen MR) is 88.8 cm³/mol. The zero-order valence-corrected chi connectivity index (χ0v) is 12.1. The van der Waals surface area contributed by atoms with Crippen LogP contribution in [0.5, 0.6) is 0 Å². The molecular weight excluding hydrogens is 270 g/mol. The lowest BCUT2D eigenvalue weighted by Gasteiger charge is -2.31. The quantitative estimate of drug-likeness (QED) is 0.644. The standard InChI is InChI=1S/C20H15NO/c22-20(15-8-2-1-3-9-15)21-14-16-10-4-5-11-17(16)18-12-6-7-13-19(18)21/h1-13H,14H2. The van der Waals surface area contributed by atoms with E-state index in [4.69, 9.17) is 0 Å². The highest BCUT2D eigenvalue weighted by Gasteiger charge is 2.26. The van der Waals surface area contributed by atoms with Gasteiger partial charge < -0.3 is 4.90 Å². The van der Waals surface area contributed by atoms with Gasteiger partial charge in [-0.25, -0.2) is 0 Å². The van der Waals surface area contributed by atoms with Crippen LogP contribution in [0.3, 0.4) is 0 Å². The Morgan fingerprint density at radius 1 is 0.727 bits per heavy atom. The van der Waals surface area contributed by atoms with Crippen molar-refractivity contribution in [3.63, 3.8) is 0 Å². The van der Waals surface area contributed by atoms with Crippen molar-refractivity contribution in [2.45, 2.75) is 6.54 Å². The summed E-state index contributed by atoms with van der Waals surface area (Å²) in [6, 6.07) is 25.9. The molecule has 0 aliphatic carbocycles. The molecule has 4 rings (SSSR count). The average molecular weight is 285 g/mol. The molecule has 2 heteroatoms. The highest BCUT2D eigenvalue weighted by molar-refractivity contribution is 6.09. The first-order valence-corrected chi connectivity index (χ1v) is 7.39. The summed E-state index contributed by atoms with van der Waals surface area (Å²) < 4.78 is 0. The van der Waals surface area contributed by atoms with Gasteiger partial charge in [-0.3, -0.25) is 4.79 Å². The first-order chi connectivity index (χ1) is 10.8. The number of anilines is 1. The highest BCUT2D eigenvalue weighted by atomic mass is 16.2. The third-order valence-electron chi connectivity index (χ3n) is 4.10. The number of hydrogen-bond donors (Lipinski definition) is 0. The molecule has 0 bridgehead atoms. The molecule has 3 aromatic rings. The second-order valence-electron chi connectivity index (χ2n) is 5.43. The molecule has 1 aliphatic heterocycles. The number of carbonyl (C=O) groups excluding carboxylic acids is 1. The maximum atomic E-state index is 12.9. The van der Waals surface area contributed by atoms with Crippen LogP contribution in [0.15, 0.2) is 78.9 Å². The fourth-order valence-corrected chi connectivity index (χ4v) is 3.03. The Bertz CT molecular complexity index is 839. The van der Waals surface area contributed by atoms with E-state index in [1.54, 1.807) is 0 Å². The minimum atomic E-state index is 0.0440. The lowest BCUT2D eigenvalue weighted by atomic mass is 9.93. The SMILES string of the molecule is O=C(c1ccccc1)N1Cc2ccccc2-c2ccccc21. The summed E-state index contributed by atoms with van der Waals surface area (Å²) in [7, 11) is 0. The van der Waals surface area contributed by atoms with Crippen molar-refractivity contribution in [1.29, 1.82) is 0 Å². The maximum Gasteiger partial charge on any atom is 0.258 e. The van der Waals surface area contributed by atoms with Gasteiger partial charge in [-0.15, -0.1) is 0 Å². The second kappa shape index (κ2) is 5.15. The van der Waals surface area contributed by atoms with E-state index in [1.165, 1.54) is 11.1 Å². The summed E-state index contributed by atoms with van der Waals surface area (Å²) in [5.41, 5.74) is 5.22. The monoisotopic (exact) mass is 285 g/mol. The van der Waals surface area contributed by atoms with E-state index < -0.39 is 0 Å². The van der Waals surface area contributed by atoms with E-state index in [0.29, 0.717) is 6.54 Å². The molecule has 0 N–H and O–H groups in total. The minimum Gasteiger partial charge on any atom is -0.303 e. The minimum absolute atomic E-state index is 0.0440. The van der Waals surface area contributed by atoms with E-state index in [0.717, 1.165) is 16.8 Å². The normalized spacial score (nSPS) is 12.5. The van der Waals surface area contributed by atoms with Crippen LogP contribution in [0, 0.1) is 0 Å². The van der Waals surface area contributed by atoms with Gasteiger partial charge >= 0.3 is 0 Å². The molecule has 22 heavy (non-hydrogen) atoms. The van der Waals surface area contributed by atoms with Crippen LogP contribution in [-0.2, 0) is 6.54 Å². The van der Waals surface area contributed by atoms with Gasteiger partial charge in [0.2, 0.25) is 0 Å². The van der Waals surface area contributed by atoms with E-state index in [1.807, 2.05) is 65.6 Å². The Hall–Kier alpha value is -2.87. The van der Waals surface area contributed by atoms with Gasteiger partial charge in [-0.1, -0.05) is 60.7 Å². The summed E-state index contributed by atoms with van der Waals surface area (Å²) in [5.74, 6) is 0.0440. The molecule has 1 heterocycles.